The van der Waals surface area contributed by atoms with E-state index in [1.165, 1.54) is 11.3 Å². The van der Waals surface area contributed by atoms with Gasteiger partial charge in [-0.1, -0.05) is 35.9 Å². The maximum absolute atomic E-state index is 12.3. The Balaban J connectivity index is 1.84. The number of hydrogen-bond acceptors (Lipinski definition) is 5. The molecule has 4 rings (SSSR count). The van der Waals surface area contributed by atoms with Gasteiger partial charge in [0.05, 0.1) is 28.4 Å². The Kier molecular flexibility index (Phi) is 4.25. The molecule has 1 aromatic carbocycles. The normalized spacial score (nSPS) is 17.7. The lowest BCUT2D eigenvalue weighted by Crippen LogP contribution is -2.26. The number of hydrogen-bond donors (Lipinski definition) is 0. The van der Waals surface area contributed by atoms with E-state index in [0.29, 0.717) is 17.1 Å². The third kappa shape index (κ3) is 3.00. The van der Waals surface area contributed by atoms with E-state index in [9.17, 15) is 8.42 Å². The Hall–Kier alpha value is -1.96. The first-order valence-corrected chi connectivity index (χ1v) is 11.1. The van der Waals surface area contributed by atoms with Gasteiger partial charge >= 0.3 is 0 Å². The van der Waals surface area contributed by atoms with Gasteiger partial charge in [0.2, 0.25) is 10.0 Å². The average molecular weight is 406 g/mol. The van der Waals surface area contributed by atoms with Crippen LogP contribution in [0.3, 0.4) is 0 Å². The van der Waals surface area contributed by atoms with Crippen LogP contribution in [0.15, 0.2) is 46.9 Å². The van der Waals surface area contributed by atoms with Crippen LogP contribution in [0.25, 0.3) is 10.9 Å². The van der Waals surface area contributed by atoms with Crippen molar-refractivity contribution in [2.24, 2.45) is 5.10 Å². The number of aryl methyl sites for hydroxylation is 1. The number of pyridine rings is 1. The number of rotatable bonds is 3. The molecule has 26 heavy (non-hydrogen) atoms. The Morgan fingerprint density at radius 1 is 1.27 bits per heavy atom. The molecule has 5 nitrogen and oxygen atoms in total. The van der Waals surface area contributed by atoms with Gasteiger partial charge in [-0.05, 0) is 30.0 Å². The Morgan fingerprint density at radius 3 is 2.77 bits per heavy atom. The fourth-order valence-corrected chi connectivity index (χ4v) is 5.08. The first-order valence-electron chi connectivity index (χ1n) is 8.01. The zero-order chi connectivity index (χ0) is 18.5. The predicted molar refractivity (Wildman–Crippen MR) is 106 cm³/mol. The van der Waals surface area contributed by atoms with E-state index in [4.69, 9.17) is 11.6 Å². The second kappa shape index (κ2) is 6.33. The van der Waals surface area contributed by atoms with Gasteiger partial charge in [-0.15, -0.1) is 11.3 Å². The molecule has 0 fully saturated rings. The molecule has 0 N–H and O–H groups in total. The maximum atomic E-state index is 12.3. The second-order valence-corrected chi connectivity index (χ2v) is 9.44. The molecule has 0 saturated carbocycles. The smallest absolute Gasteiger partial charge is 0.235 e. The van der Waals surface area contributed by atoms with Crippen LogP contribution < -0.4 is 0 Å². The molecule has 8 heteroatoms. The number of sulfonamides is 1. The van der Waals surface area contributed by atoms with E-state index in [1.54, 1.807) is 0 Å². The van der Waals surface area contributed by atoms with Gasteiger partial charge in [0.1, 0.15) is 5.15 Å². The third-order valence-electron chi connectivity index (χ3n) is 4.41. The standard InChI is InChI=1S/C18H16ClN3O2S2/c1-11-5-3-6-12-9-13(18(19)20-17(11)12)15-10-14(16-7-4-8-25-16)21-22(15)26(2,23)24/h3-9,15H,10H2,1-2H3/t15-/m1/s1. The van der Waals surface area contributed by atoms with Crippen LogP contribution in [-0.4, -0.2) is 29.8 Å². The highest BCUT2D eigenvalue weighted by Crippen LogP contribution is 2.39. The number of aromatic nitrogens is 1. The summed E-state index contributed by atoms with van der Waals surface area (Å²) in [5.74, 6) is 0. The van der Waals surface area contributed by atoms with Crippen molar-refractivity contribution in [2.45, 2.75) is 19.4 Å². The van der Waals surface area contributed by atoms with Crippen LogP contribution >= 0.6 is 22.9 Å². The summed E-state index contributed by atoms with van der Waals surface area (Å²) in [7, 11) is -3.54. The van der Waals surface area contributed by atoms with Crippen LogP contribution in [0.1, 0.15) is 28.5 Å². The summed E-state index contributed by atoms with van der Waals surface area (Å²) in [6.45, 7) is 1.97. The summed E-state index contributed by atoms with van der Waals surface area (Å²) in [6.07, 6.45) is 1.62. The number of thiophene rings is 1. The number of halogens is 1. The lowest BCUT2D eigenvalue weighted by atomic mass is 10.0. The van der Waals surface area contributed by atoms with Crippen molar-refractivity contribution in [2.75, 3.05) is 6.26 Å². The summed E-state index contributed by atoms with van der Waals surface area (Å²) in [5, 5.41) is 7.58. The number of fused-ring (bicyclic) bond motifs is 1. The Morgan fingerprint density at radius 2 is 2.08 bits per heavy atom. The van der Waals surface area contributed by atoms with Gasteiger partial charge in [-0.3, -0.25) is 0 Å². The molecule has 0 spiro atoms. The van der Waals surface area contributed by atoms with E-state index in [2.05, 4.69) is 10.1 Å². The summed E-state index contributed by atoms with van der Waals surface area (Å²) >= 11 is 8.00. The minimum Gasteiger partial charge on any atom is -0.235 e. The molecule has 1 atom stereocenters. The monoisotopic (exact) mass is 405 g/mol. The average Bonchev–Trinajstić information content (AvgIpc) is 3.24. The fourth-order valence-electron chi connectivity index (χ4n) is 3.19. The van der Waals surface area contributed by atoms with Crippen LogP contribution in [0, 0.1) is 6.92 Å². The lowest BCUT2D eigenvalue weighted by Gasteiger charge is -2.22. The molecule has 134 valence electrons. The van der Waals surface area contributed by atoms with Crippen molar-refractivity contribution in [3.63, 3.8) is 0 Å². The molecule has 0 unspecified atom stereocenters. The fraction of sp³-hybridized carbons (Fsp3) is 0.222. The molecule has 0 saturated heterocycles. The minimum absolute atomic E-state index is 0.313. The van der Waals surface area contributed by atoms with Gasteiger partial charge in [0.25, 0.3) is 0 Å². The highest BCUT2D eigenvalue weighted by atomic mass is 35.5. The summed E-state index contributed by atoms with van der Waals surface area (Å²) in [5.41, 5.74) is 3.27. The van der Waals surface area contributed by atoms with E-state index >= 15 is 0 Å². The molecular formula is C18H16ClN3O2S2. The number of hydrazone groups is 1. The van der Waals surface area contributed by atoms with Gasteiger partial charge in [0.15, 0.2) is 0 Å². The topological polar surface area (TPSA) is 62.6 Å². The van der Waals surface area contributed by atoms with E-state index in [0.717, 1.165) is 37.7 Å². The molecule has 0 bridgehead atoms. The number of nitrogens with zero attached hydrogens (tertiary/aromatic N) is 3. The Labute approximate surface area is 161 Å². The van der Waals surface area contributed by atoms with E-state index < -0.39 is 16.1 Å². The minimum atomic E-state index is -3.54. The molecular weight excluding hydrogens is 390 g/mol. The Bertz CT molecular complexity index is 1120. The molecule has 0 radical (unpaired) electrons. The van der Waals surface area contributed by atoms with Crippen molar-refractivity contribution in [1.82, 2.24) is 9.40 Å². The third-order valence-corrected chi connectivity index (χ3v) is 6.64. The van der Waals surface area contributed by atoms with Crippen molar-refractivity contribution >= 4 is 49.6 Å². The van der Waals surface area contributed by atoms with Crippen molar-refractivity contribution in [1.29, 1.82) is 0 Å². The van der Waals surface area contributed by atoms with Gasteiger partial charge in [0, 0.05) is 17.4 Å². The van der Waals surface area contributed by atoms with Crippen LogP contribution in [0.2, 0.25) is 5.15 Å². The SMILES string of the molecule is Cc1cccc2cc([C@H]3CC(c4cccs4)=NN3S(C)(=O)=O)c(Cl)nc12. The first-order chi connectivity index (χ1) is 12.3. The summed E-state index contributed by atoms with van der Waals surface area (Å²) in [6, 6.07) is 11.2. The molecule has 0 aliphatic carbocycles. The molecule has 1 aliphatic rings. The predicted octanol–water partition coefficient (Wildman–Crippen LogP) is 4.37. The van der Waals surface area contributed by atoms with Crippen molar-refractivity contribution in [3.05, 3.63) is 62.9 Å². The molecule has 3 heterocycles. The van der Waals surface area contributed by atoms with Gasteiger partial charge < -0.3 is 0 Å². The van der Waals surface area contributed by atoms with Gasteiger partial charge in [-0.25, -0.2) is 13.4 Å². The quantitative estimate of drug-likeness (QED) is 0.608. The zero-order valence-electron chi connectivity index (χ0n) is 14.2. The molecule has 3 aromatic rings. The van der Waals surface area contributed by atoms with Crippen LogP contribution in [-0.2, 0) is 10.0 Å². The molecule has 0 amide bonds. The maximum Gasteiger partial charge on any atom is 0.247 e. The summed E-state index contributed by atoms with van der Waals surface area (Å²) in [4.78, 5) is 5.48. The van der Waals surface area contributed by atoms with Gasteiger partial charge in [-0.2, -0.15) is 9.52 Å². The highest BCUT2D eigenvalue weighted by Gasteiger charge is 2.36. The van der Waals surface area contributed by atoms with E-state index in [-0.39, 0.29) is 0 Å². The van der Waals surface area contributed by atoms with Crippen molar-refractivity contribution in [3.8, 4) is 0 Å². The van der Waals surface area contributed by atoms with E-state index in [1.807, 2.05) is 48.7 Å². The second-order valence-electron chi connectivity index (χ2n) is 6.29. The zero-order valence-corrected chi connectivity index (χ0v) is 16.6. The van der Waals surface area contributed by atoms with Crippen molar-refractivity contribution < 1.29 is 8.42 Å². The van der Waals surface area contributed by atoms with Crippen LogP contribution in [0.4, 0.5) is 0 Å². The first kappa shape index (κ1) is 17.5. The highest BCUT2D eigenvalue weighted by molar-refractivity contribution is 7.88. The largest absolute Gasteiger partial charge is 0.247 e. The number of benzene rings is 1. The lowest BCUT2D eigenvalue weighted by molar-refractivity contribution is 0.374. The number of para-hydroxylation sites is 1. The van der Waals surface area contributed by atoms with Crippen LogP contribution in [0.5, 0.6) is 0 Å². The summed E-state index contributed by atoms with van der Waals surface area (Å²) < 4.78 is 25.8. The molecule has 2 aromatic heterocycles. The molecule has 1 aliphatic heterocycles.